The number of amides is 2. The molecule has 1 aromatic heterocycles. The predicted molar refractivity (Wildman–Crippen MR) is 107 cm³/mol. The van der Waals surface area contributed by atoms with Crippen molar-refractivity contribution in [1.82, 2.24) is 5.32 Å². The summed E-state index contributed by atoms with van der Waals surface area (Å²) in [6, 6.07) is 7.78. The predicted octanol–water partition coefficient (Wildman–Crippen LogP) is 3.30. The number of carbonyl (C=O) groups is 2. The summed E-state index contributed by atoms with van der Waals surface area (Å²) in [7, 11) is 0. The van der Waals surface area contributed by atoms with Gasteiger partial charge in [-0.1, -0.05) is 29.8 Å². The van der Waals surface area contributed by atoms with Gasteiger partial charge < -0.3 is 11.1 Å². The number of carbonyl (C=O) groups excluding carboxylic acids is 2. The fourth-order valence-electron chi connectivity index (χ4n) is 2.15. The van der Waals surface area contributed by atoms with Crippen molar-refractivity contribution in [2.75, 3.05) is 5.32 Å². The third-order valence-electron chi connectivity index (χ3n) is 3.60. The zero-order chi connectivity index (χ0) is 18.6. The Hall–Kier alpha value is -2.51. The summed E-state index contributed by atoms with van der Waals surface area (Å²) >= 11 is 6.50. The topological polar surface area (TPSA) is 84.2 Å². The average Bonchev–Trinajstić information content (AvgIpc) is 2.80. The molecule has 2 amide bonds. The van der Waals surface area contributed by atoms with E-state index in [0.717, 1.165) is 21.6 Å². The van der Waals surface area contributed by atoms with Crippen LogP contribution in [0.4, 0.5) is 5.00 Å². The van der Waals surface area contributed by atoms with Gasteiger partial charge in [-0.15, -0.1) is 11.3 Å². The minimum Gasteiger partial charge on any atom is -0.365 e. The molecule has 130 valence electrons. The van der Waals surface area contributed by atoms with E-state index in [1.807, 2.05) is 45.0 Å². The summed E-state index contributed by atoms with van der Waals surface area (Å²) in [6.07, 6.45) is 3.10. The monoisotopic (exact) mass is 373 g/mol. The van der Waals surface area contributed by atoms with Crippen LogP contribution in [0.2, 0.25) is 0 Å². The summed E-state index contributed by atoms with van der Waals surface area (Å²) in [5.74, 6) is -0.888. The van der Waals surface area contributed by atoms with Crippen LogP contribution in [0, 0.1) is 20.8 Å². The molecule has 0 aliphatic heterocycles. The van der Waals surface area contributed by atoms with E-state index in [2.05, 4.69) is 10.6 Å². The SMILES string of the molecule is Cc1ccc(C=CC(=O)NC(=S)Nc2sc(C)c(C)c2C(N)=O)cc1. The molecule has 0 bridgehead atoms. The lowest BCUT2D eigenvalue weighted by Gasteiger charge is -2.07. The largest absolute Gasteiger partial charge is 0.365 e. The highest BCUT2D eigenvalue weighted by molar-refractivity contribution is 7.80. The third-order valence-corrected chi connectivity index (χ3v) is 4.93. The summed E-state index contributed by atoms with van der Waals surface area (Å²) in [4.78, 5) is 24.5. The average molecular weight is 374 g/mol. The highest BCUT2D eigenvalue weighted by Gasteiger charge is 2.18. The lowest BCUT2D eigenvalue weighted by atomic mass is 10.1. The molecule has 2 aromatic rings. The molecule has 0 radical (unpaired) electrons. The first-order chi connectivity index (χ1) is 11.8. The first-order valence-corrected chi connectivity index (χ1v) is 8.77. The van der Waals surface area contributed by atoms with Crippen LogP contribution < -0.4 is 16.4 Å². The maximum absolute atomic E-state index is 12.0. The zero-order valence-electron chi connectivity index (χ0n) is 14.2. The Balaban J connectivity index is 2.00. The van der Waals surface area contributed by atoms with Crippen LogP contribution in [0.25, 0.3) is 6.08 Å². The number of anilines is 1. The van der Waals surface area contributed by atoms with Gasteiger partial charge in [0.2, 0.25) is 5.91 Å². The maximum atomic E-state index is 12.0. The van der Waals surface area contributed by atoms with Crippen LogP contribution in [-0.2, 0) is 4.79 Å². The highest BCUT2D eigenvalue weighted by Crippen LogP contribution is 2.31. The van der Waals surface area contributed by atoms with Gasteiger partial charge in [0.25, 0.3) is 5.91 Å². The second kappa shape index (κ2) is 8.04. The molecule has 0 unspecified atom stereocenters. The molecule has 0 saturated carbocycles. The Morgan fingerprint density at radius 2 is 1.80 bits per heavy atom. The van der Waals surface area contributed by atoms with Crippen molar-refractivity contribution in [3.8, 4) is 0 Å². The number of benzene rings is 1. The molecule has 25 heavy (non-hydrogen) atoms. The first-order valence-electron chi connectivity index (χ1n) is 7.54. The molecule has 2 rings (SSSR count). The van der Waals surface area contributed by atoms with E-state index >= 15 is 0 Å². The Kier molecular flexibility index (Phi) is 6.06. The van der Waals surface area contributed by atoms with Gasteiger partial charge in [0.1, 0.15) is 5.00 Å². The van der Waals surface area contributed by atoms with E-state index in [4.69, 9.17) is 18.0 Å². The van der Waals surface area contributed by atoms with Gasteiger partial charge in [-0.25, -0.2) is 0 Å². The van der Waals surface area contributed by atoms with Crippen LogP contribution >= 0.6 is 23.6 Å². The summed E-state index contributed by atoms with van der Waals surface area (Å²) < 4.78 is 0. The fourth-order valence-corrected chi connectivity index (χ4v) is 3.49. The fraction of sp³-hybridized carbons (Fsp3) is 0.167. The van der Waals surface area contributed by atoms with Crippen LogP contribution in [0.15, 0.2) is 30.3 Å². The molecule has 0 spiro atoms. The smallest absolute Gasteiger partial charge is 0.251 e. The van der Waals surface area contributed by atoms with Crippen molar-refractivity contribution in [3.05, 3.63) is 57.5 Å². The Bertz CT molecular complexity index is 852. The van der Waals surface area contributed by atoms with Crippen molar-refractivity contribution in [2.24, 2.45) is 5.73 Å². The summed E-state index contributed by atoms with van der Waals surface area (Å²) in [5.41, 5.74) is 8.69. The number of nitrogens with one attached hydrogen (secondary N) is 2. The summed E-state index contributed by atoms with van der Waals surface area (Å²) in [6.45, 7) is 5.71. The molecule has 7 heteroatoms. The molecule has 0 aliphatic rings. The van der Waals surface area contributed by atoms with Gasteiger partial charge in [-0.3, -0.25) is 14.9 Å². The van der Waals surface area contributed by atoms with Crippen LogP contribution in [0.1, 0.15) is 31.9 Å². The molecule has 1 heterocycles. The normalized spacial score (nSPS) is 10.7. The number of thiophene rings is 1. The van der Waals surface area contributed by atoms with Gasteiger partial charge in [-0.2, -0.15) is 0 Å². The number of hydrogen-bond acceptors (Lipinski definition) is 4. The quantitative estimate of drug-likeness (QED) is 0.567. The van der Waals surface area contributed by atoms with E-state index < -0.39 is 5.91 Å². The number of nitrogens with two attached hydrogens (primary N) is 1. The van der Waals surface area contributed by atoms with Gasteiger partial charge >= 0.3 is 0 Å². The molecule has 0 atom stereocenters. The van der Waals surface area contributed by atoms with E-state index in [1.54, 1.807) is 6.08 Å². The number of rotatable bonds is 4. The number of primary amides is 1. The van der Waals surface area contributed by atoms with Crippen molar-refractivity contribution < 1.29 is 9.59 Å². The minimum absolute atomic E-state index is 0.113. The summed E-state index contributed by atoms with van der Waals surface area (Å²) in [5, 5.41) is 6.08. The van der Waals surface area contributed by atoms with Crippen molar-refractivity contribution in [3.63, 3.8) is 0 Å². The minimum atomic E-state index is -0.530. The maximum Gasteiger partial charge on any atom is 0.251 e. The second-order valence-corrected chi connectivity index (χ2v) is 7.17. The molecule has 0 aliphatic carbocycles. The number of aryl methyl sites for hydroxylation is 2. The first kappa shape index (κ1) is 18.8. The number of thiocarbonyl (C=S) groups is 1. The van der Waals surface area contributed by atoms with E-state index in [0.29, 0.717) is 10.6 Å². The zero-order valence-corrected chi connectivity index (χ0v) is 15.8. The van der Waals surface area contributed by atoms with Gasteiger partial charge in [0, 0.05) is 11.0 Å². The van der Waals surface area contributed by atoms with Crippen molar-refractivity contribution in [2.45, 2.75) is 20.8 Å². The molecule has 1 aromatic carbocycles. The molecule has 4 N–H and O–H groups in total. The lowest BCUT2D eigenvalue weighted by Crippen LogP contribution is -2.33. The Morgan fingerprint density at radius 1 is 1.16 bits per heavy atom. The van der Waals surface area contributed by atoms with Gasteiger partial charge in [0.05, 0.1) is 5.56 Å². The van der Waals surface area contributed by atoms with Crippen LogP contribution in [0.3, 0.4) is 0 Å². The second-order valence-electron chi connectivity index (χ2n) is 5.54. The molecular formula is C18H19N3O2S2. The molecule has 0 fully saturated rings. The standard InChI is InChI=1S/C18H19N3O2S2/c1-10-4-6-13(7-5-10)8-9-14(22)20-18(24)21-17-15(16(19)23)11(2)12(3)25-17/h4-9H,1-3H3,(H2,19,23)(H2,20,21,22,24). The molecule has 0 saturated heterocycles. The molecule has 5 nitrogen and oxygen atoms in total. The van der Waals surface area contributed by atoms with Crippen LogP contribution in [0.5, 0.6) is 0 Å². The Labute approximate surface area is 155 Å². The highest BCUT2D eigenvalue weighted by atomic mass is 32.1. The third kappa shape index (κ3) is 4.98. The van der Waals surface area contributed by atoms with Crippen molar-refractivity contribution >= 4 is 51.6 Å². The lowest BCUT2D eigenvalue weighted by molar-refractivity contribution is -0.115. The van der Waals surface area contributed by atoms with Gasteiger partial charge in [0.15, 0.2) is 5.11 Å². The molecular weight excluding hydrogens is 354 g/mol. The Morgan fingerprint density at radius 3 is 2.40 bits per heavy atom. The van der Waals surface area contributed by atoms with E-state index in [9.17, 15) is 9.59 Å². The van der Waals surface area contributed by atoms with Gasteiger partial charge in [-0.05, 0) is 50.2 Å². The van der Waals surface area contributed by atoms with E-state index in [1.165, 1.54) is 17.4 Å². The van der Waals surface area contributed by atoms with Crippen molar-refractivity contribution in [1.29, 1.82) is 0 Å². The van der Waals surface area contributed by atoms with E-state index in [-0.39, 0.29) is 11.0 Å². The van der Waals surface area contributed by atoms with Crippen LogP contribution in [-0.4, -0.2) is 16.9 Å². The number of hydrogen-bond donors (Lipinski definition) is 3.